The van der Waals surface area contributed by atoms with Crippen LogP contribution in [-0.4, -0.2) is 30.7 Å². The van der Waals surface area contributed by atoms with Gasteiger partial charge in [-0.15, -0.1) is 0 Å². The van der Waals surface area contributed by atoms with E-state index < -0.39 is 5.63 Å². The van der Waals surface area contributed by atoms with E-state index in [2.05, 4.69) is 5.32 Å². The lowest BCUT2D eigenvalue weighted by atomic mass is 10.1. The Balaban J connectivity index is 1.38. The molecule has 0 atom stereocenters. The van der Waals surface area contributed by atoms with Crippen molar-refractivity contribution in [2.75, 3.05) is 20.3 Å². The first-order chi connectivity index (χ1) is 15.1. The van der Waals surface area contributed by atoms with Crippen molar-refractivity contribution >= 4 is 16.9 Å². The fourth-order valence-electron chi connectivity index (χ4n) is 3.25. The molecule has 7 nitrogen and oxygen atoms in total. The highest BCUT2D eigenvalue weighted by Gasteiger charge is 2.11. The molecular formula is C24H22N2O5. The zero-order chi connectivity index (χ0) is 21.6. The molecule has 0 aliphatic heterocycles. The van der Waals surface area contributed by atoms with Crippen LogP contribution >= 0.6 is 0 Å². The second-order valence-electron chi connectivity index (χ2n) is 6.91. The summed E-state index contributed by atoms with van der Waals surface area (Å²) in [4.78, 5) is 24.4. The molecule has 0 aliphatic rings. The predicted molar refractivity (Wildman–Crippen MR) is 117 cm³/mol. The van der Waals surface area contributed by atoms with Gasteiger partial charge in [-0.25, -0.2) is 4.79 Å². The topological polar surface area (TPSA) is 82.7 Å². The molecule has 0 bridgehead atoms. The van der Waals surface area contributed by atoms with E-state index in [0.717, 1.165) is 5.39 Å². The Bertz CT molecular complexity index is 1230. The van der Waals surface area contributed by atoms with Gasteiger partial charge in [0.15, 0.2) is 17.9 Å². The highest BCUT2D eigenvalue weighted by atomic mass is 16.5. The molecule has 2 heterocycles. The van der Waals surface area contributed by atoms with Gasteiger partial charge in [0.05, 0.1) is 12.7 Å². The lowest BCUT2D eigenvalue weighted by molar-refractivity contribution is -0.123. The van der Waals surface area contributed by atoms with Crippen molar-refractivity contribution in [3.8, 4) is 22.6 Å². The van der Waals surface area contributed by atoms with E-state index in [1.807, 2.05) is 41.2 Å². The largest absolute Gasteiger partial charge is 0.493 e. The summed E-state index contributed by atoms with van der Waals surface area (Å²) in [5.74, 6) is 0.855. The number of amides is 1. The van der Waals surface area contributed by atoms with Crippen LogP contribution in [0.1, 0.15) is 0 Å². The summed E-state index contributed by atoms with van der Waals surface area (Å²) in [6.07, 6.45) is 3.88. The summed E-state index contributed by atoms with van der Waals surface area (Å²) >= 11 is 0. The zero-order valence-electron chi connectivity index (χ0n) is 17.0. The van der Waals surface area contributed by atoms with Gasteiger partial charge >= 0.3 is 5.63 Å². The third-order valence-corrected chi connectivity index (χ3v) is 4.84. The van der Waals surface area contributed by atoms with Crippen LogP contribution in [0.3, 0.4) is 0 Å². The molecule has 31 heavy (non-hydrogen) atoms. The maximum atomic E-state index is 12.5. The molecule has 158 valence electrons. The third kappa shape index (κ3) is 4.78. The van der Waals surface area contributed by atoms with E-state index >= 15 is 0 Å². The number of fused-ring (bicyclic) bond motifs is 1. The lowest BCUT2D eigenvalue weighted by Crippen LogP contribution is -2.31. The number of carbonyl (C=O) groups is 1. The Morgan fingerprint density at radius 1 is 1.06 bits per heavy atom. The summed E-state index contributed by atoms with van der Waals surface area (Å²) < 4.78 is 18.3. The smallest absolute Gasteiger partial charge is 0.344 e. The van der Waals surface area contributed by atoms with E-state index in [9.17, 15) is 9.59 Å². The summed E-state index contributed by atoms with van der Waals surface area (Å²) in [6.45, 7) is 1.15. The van der Waals surface area contributed by atoms with Crippen molar-refractivity contribution < 1.29 is 18.7 Å². The molecule has 0 unspecified atom stereocenters. The maximum Gasteiger partial charge on any atom is 0.344 e. The van der Waals surface area contributed by atoms with Crippen molar-refractivity contribution in [2.45, 2.75) is 6.54 Å². The van der Waals surface area contributed by atoms with Crippen LogP contribution in [0.25, 0.3) is 22.1 Å². The van der Waals surface area contributed by atoms with Crippen molar-refractivity contribution in [2.24, 2.45) is 0 Å². The Labute approximate surface area is 178 Å². The molecule has 2 aromatic carbocycles. The van der Waals surface area contributed by atoms with Crippen molar-refractivity contribution in [3.05, 3.63) is 83.5 Å². The van der Waals surface area contributed by atoms with Crippen LogP contribution in [0.5, 0.6) is 11.5 Å². The molecule has 0 fully saturated rings. The summed E-state index contributed by atoms with van der Waals surface area (Å²) in [6, 6.07) is 18.1. The van der Waals surface area contributed by atoms with Gasteiger partial charge in [0, 0.05) is 30.9 Å². The van der Waals surface area contributed by atoms with Crippen LogP contribution < -0.4 is 20.4 Å². The summed E-state index contributed by atoms with van der Waals surface area (Å²) in [7, 11) is 1.53. The Morgan fingerprint density at radius 3 is 2.58 bits per heavy atom. The molecule has 0 aliphatic carbocycles. The maximum absolute atomic E-state index is 12.5. The van der Waals surface area contributed by atoms with Crippen molar-refractivity contribution in [3.63, 3.8) is 0 Å². The van der Waals surface area contributed by atoms with Gasteiger partial charge in [-0.1, -0.05) is 24.3 Å². The average molecular weight is 418 g/mol. The molecular weight excluding hydrogens is 396 g/mol. The minimum Gasteiger partial charge on any atom is -0.493 e. The van der Waals surface area contributed by atoms with E-state index in [1.54, 1.807) is 36.4 Å². The van der Waals surface area contributed by atoms with Crippen molar-refractivity contribution in [1.29, 1.82) is 0 Å². The second kappa shape index (κ2) is 9.21. The molecule has 0 spiro atoms. The number of aromatic nitrogens is 1. The number of hydrogen-bond acceptors (Lipinski definition) is 5. The number of para-hydroxylation sites is 1. The number of nitrogens with zero attached hydrogens (tertiary/aromatic N) is 1. The van der Waals surface area contributed by atoms with E-state index in [4.69, 9.17) is 13.9 Å². The highest BCUT2D eigenvalue weighted by molar-refractivity contribution is 5.86. The number of methoxy groups -OCH3 is 1. The molecule has 4 rings (SSSR count). The Kier molecular flexibility index (Phi) is 6.03. The number of benzene rings is 2. The van der Waals surface area contributed by atoms with Gasteiger partial charge in [0.25, 0.3) is 5.91 Å². The van der Waals surface area contributed by atoms with Gasteiger partial charge < -0.3 is 23.8 Å². The van der Waals surface area contributed by atoms with Crippen LogP contribution in [0.2, 0.25) is 0 Å². The van der Waals surface area contributed by atoms with Crippen LogP contribution in [0.15, 0.2) is 82.3 Å². The number of ether oxygens (including phenoxy) is 2. The molecule has 0 saturated carbocycles. The number of carbonyl (C=O) groups excluding carboxylic acids is 1. The monoisotopic (exact) mass is 418 g/mol. The third-order valence-electron chi connectivity index (χ3n) is 4.84. The average Bonchev–Trinajstić information content (AvgIpc) is 3.31. The molecule has 1 N–H and O–H groups in total. The van der Waals surface area contributed by atoms with Crippen LogP contribution in [0.4, 0.5) is 0 Å². The van der Waals surface area contributed by atoms with E-state index in [1.165, 1.54) is 7.11 Å². The number of rotatable bonds is 8. The van der Waals surface area contributed by atoms with Gasteiger partial charge in [0.2, 0.25) is 0 Å². The second-order valence-corrected chi connectivity index (χ2v) is 6.91. The predicted octanol–water partition coefficient (Wildman–Crippen LogP) is 3.47. The van der Waals surface area contributed by atoms with Gasteiger partial charge in [-0.05, 0) is 42.0 Å². The van der Waals surface area contributed by atoms with Crippen LogP contribution in [-0.2, 0) is 11.3 Å². The minimum absolute atomic E-state index is 0.0804. The SMILES string of the molecule is COc1cccc2cc(-c3ccc(OCC(=O)NCCn4cccc4)cc3)c(=O)oc12. The van der Waals surface area contributed by atoms with E-state index in [0.29, 0.717) is 41.3 Å². The molecule has 0 saturated heterocycles. The minimum atomic E-state index is -0.451. The molecule has 7 heteroatoms. The normalized spacial score (nSPS) is 10.7. The molecule has 1 amide bonds. The summed E-state index contributed by atoms with van der Waals surface area (Å²) in [5.41, 5.74) is 1.10. The molecule has 4 aromatic rings. The van der Waals surface area contributed by atoms with Gasteiger partial charge in [-0.2, -0.15) is 0 Å². The first-order valence-electron chi connectivity index (χ1n) is 9.85. The van der Waals surface area contributed by atoms with Crippen molar-refractivity contribution in [1.82, 2.24) is 9.88 Å². The number of nitrogens with one attached hydrogen (secondary N) is 1. The summed E-state index contributed by atoms with van der Waals surface area (Å²) in [5, 5.41) is 3.58. The first-order valence-corrected chi connectivity index (χ1v) is 9.85. The standard InChI is InChI=1S/C24H22N2O5/c1-29-21-6-4-5-18-15-20(24(28)31-23(18)21)17-7-9-19(10-8-17)30-16-22(27)25-11-14-26-12-2-3-13-26/h2-10,12-13,15H,11,14,16H2,1H3,(H,25,27). The first kappa shape index (κ1) is 20.3. The highest BCUT2D eigenvalue weighted by Crippen LogP contribution is 2.28. The van der Waals surface area contributed by atoms with Crippen LogP contribution in [0, 0.1) is 0 Å². The fraction of sp³-hybridized carbons (Fsp3) is 0.167. The number of hydrogen-bond donors (Lipinski definition) is 1. The van der Waals surface area contributed by atoms with Gasteiger partial charge in [0.1, 0.15) is 5.75 Å². The van der Waals surface area contributed by atoms with E-state index in [-0.39, 0.29) is 12.5 Å². The molecule has 2 aromatic heterocycles. The quantitative estimate of drug-likeness (QED) is 0.443. The van der Waals surface area contributed by atoms with Gasteiger partial charge in [-0.3, -0.25) is 4.79 Å². The fourth-order valence-corrected chi connectivity index (χ4v) is 3.25. The Morgan fingerprint density at radius 2 is 1.84 bits per heavy atom. The molecule has 0 radical (unpaired) electrons. The zero-order valence-corrected chi connectivity index (χ0v) is 17.0. The lowest BCUT2D eigenvalue weighted by Gasteiger charge is -2.09. The Hall–Kier alpha value is -4.00.